The van der Waals surface area contributed by atoms with Crippen LogP contribution in [-0.2, 0) is 74.9 Å². The topological polar surface area (TPSA) is 350 Å². The summed E-state index contributed by atoms with van der Waals surface area (Å²) >= 11 is 0. The number of fused-ring (bicyclic) bond motifs is 6. The van der Waals surface area contributed by atoms with Crippen LogP contribution in [0.25, 0.3) is 22.3 Å². The number of carboxylic acids is 1. The van der Waals surface area contributed by atoms with Crippen molar-refractivity contribution in [2.45, 2.75) is 88.8 Å². The highest BCUT2D eigenvalue weighted by molar-refractivity contribution is 6.13. The van der Waals surface area contributed by atoms with Gasteiger partial charge in [0.05, 0.1) is 34.7 Å². The quantitative estimate of drug-likeness (QED) is 0.0473. The highest BCUT2D eigenvalue weighted by Crippen LogP contribution is 2.43. The molecule has 9 rings (SSSR count). The average Bonchev–Trinajstić information content (AvgIpc) is 4.06. The molecule has 1 saturated heterocycles. The number of pyridine rings is 2. The number of benzene rings is 2. The lowest BCUT2D eigenvalue weighted by Crippen LogP contribution is -2.61. The first kappa shape index (κ1) is 48.1. The first-order valence-corrected chi connectivity index (χ1v) is 22.1. The molecule has 1 unspecified atom stereocenters. The van der Waals surface area contributed by atoms with Crippen molar-refractivity contribution in [1.29, 1.82) is 0 Å². The fourth-order valence-electron chi connectivity index (χ4n) is 8.74. The minimum Gasteiger partial charge on any atom is -0.479 e. The molecule has 8 N–H and O–H groups in total. The van der Waals surface area contributed by atoms with Crippen molar-refractivity contribution in [3.8, 4) is 28.6 Å². The minimum absolute atomic E-state index is 0.00836. The van der Waals surface area contributed by atoms with E-state index >= 15 is 0 Å². The number of imide groups is 1. The van der Waals surface area contributed by atoms with Crippen molar-refractivity contribution in [3.63, 3.8) is 0 Å². The van der Waals surface area contributed by atoms with Crippen LogP contribution in [0.4, 0.5) is 10.5 Å². The second kappa shape index (κ2) is 19.1. The monoisotopic (exact) mass is 984 g/mol. The van der Waals surface area contributed by atoms with Gasteiger partial charge in [0.1, 0.15) is 37.3 Å². The molecule has 1 fully saturated rings. The number of cyclic esters (lactones) is 1. The minimum atomic E-state index is -2.06. The van der Waals surface area contributed by atoms with E-state index in [1.807, 2.05) is 0 Å². The fraction of sp³-hybridized carbons (Fsp3) is 0.370. The summed E-state index contributed by atoms with van der Waals surface area (Å²) in [6, 6.07) is 8.90. The van der Waals surface area contributed by atoms with Crippen molar-refractivity contribution in [3.05, 3.63) is 86.7 Å². The van der Waals surface area contributed by atoms with Gasteiger partial charge in [-0.1, -0.05) is 13.0 Å². The lowest BCUT2D eigenvalue weighted by molar-refractivity contribution is -0.271. The number of ether oxygens (including phenoxy) is 6. The summed E-state index contributed by atoms with van der Waals surface area (Å²) < 4.78 is 34.4. The van der Waals surface area contributed by atoms with Crippen molar-refractivity contribution in [1.82, 2.24) is 25.1 Å². The van der Waals surface area contributed by atoms with E-state index in [1.54, 1.807) is 25.1 Å². The van der Waals surface area contributed by atoms with E-state index in [0.29, 0.717) is 44.9 Å². The molecule has 2 aromatic carbocycles. The van der Waals surface area contributed by atoms with Gasteiger partial charge in [-0.2, -0.15) is 0 Å². The van der Waals surface area contributed by atoms with E-state index in [1.165, 1.54) is 22.8 Å². The first-order valence-electron chi connectivity index (χ1n) is 22.1. The maximum absolute atomic E-state index is 13.9. The maximum atomic E-state index is 13.9. The van der Waals surface area contributed by atoms with Gasteiger partial charge in [0.2, 0.25) is 24.9 Å². The Balaban J connectivity index is 0.919. The molecule has 7 heterocycles. The maximum Gasteiger partial charge on any atom is 0.407 e. The number of nitrogens with one attached hydrogen (secondary N) is 3. The Labute approximate surface area is 399 Å². The third kappa shape index (κ3) is 9.07. The SMILES string of the molecule is CC[C@@]1(O)C(=O)OCc2c1cc1n(c2=O)Cc2c-1nc1cc3c(cc1c2CNC(=O)OCc1ccc(OC2O[C@H](C(=O)O)[C@@H](O)[C@H](O)[C@H]2O)c(NC(=O)CCNC(=O)CCN2C(=O)C=CC2=O)c1)OCO3. The van der Waals surface area contributed by atoms with Crippen molar-refractivity contribution < 1.29 is 87.5 Å². The van der Waals surface area contributed by atoms with Crippen LogP contribution in [-0.4, -0.2) is 132 Å². The summed E-state index contributed by atoms with van der Waals surface area (Å²) in [5.74, 6) is -4.31. The molecular formula is C46H44N6O19. The van der Waals surface area contributed by atoms with Crippen molar-refractivity contribution >= 4 is 58.3 Å². The molecule has 71 heavy (non-hydrogen) atoms. The Morgan fingerprint density at radius 3 is 2.37 bits per heavy atom. The number of aliphatic hydroxyl groups excluding tert-OH is 3. The summed E-state index contributed by atoms with van der Waals surface area (Å²) in [5, 5.41) is 60.4. The molecule has 6 atom stereocenters. The number of hydrogen-bond acceptors (Lipinski definition) is 19. The molecule has 25 nitrogen and oxygen atoms in total. The van der Waals surface area contributed by atoms with Crippen molar-refractivity contribution in [2.75, 3.05) is 25.2 Å². The van der Waals surface area contributed by atoms with Crippen LogP contribution in [0, 0.1) is 0 Å². The number of esters is 1. The number of hydrogen-bond donors (Lipinski definition) is 8. The van der Waals surface area contributed by atoms with E-state index in [2.05, 4.69) is 16.0 Å². The zero-order chi connectivity index (χ0) is 50.5. The van der Waals surface area contributed by atoms with E-state index in [9.17, 15) is 63.9 Å². The van der Waals surface area contributed by atoms with Crippen LogP contribution in [0.15, 0.2) is 53.3 Å². The molecule has 0 saturated carbocycles. The van der Waals surface area contributed by atoms with E-state index in [-0.39, 0.29) is 87.0 Å². The molecule has 4 aromatic rings. The van der Waals surface area contributed by atoms with Gasteiger partial charge in [0, 0.05) is 67.2 Å². The van der Waals surface area contributed by atoms with Crippen LogP contribution in [0.3, 0.4) is 0 Å². The number of carbonyl (C=O) groups excluding carboxylic acids is 6. The molecule has 0 bridgehead atoms. The zero-order valence-electron chi connectivity index (χ0n) is 37.4. The number of carbonyl (C=O) groups is 7. The highest BCUT2D eigenvalue weighted by atomic mass is 16.7. The molecule has 5 aliphatic rings. The van der Waals surface area contributed by atoms with Gasteiger partial charge in [-0.3, -0.25) is 28.9 Å². The molecule has 5 aliphatic heterocycles. The summed E-state index contributed by atoms with van der Waals surface area (Å²) in [6.45, 7) is 0.269. The summed E-state index contributed by atoms with van der Waals surface area (Å²) in [4.78, 5) is 107. The van der Waals surface area contributed by atoms with Gasteiger partial charge in [0.15, 0.2) is 23.2 Å². The average molecular weight is 985 g/mol. The third-order valence-electron chi connectivity index (χ3n) is 12.6. The first-order chi connectivity index (χ1) is 33.9. The molecule has 372 valence electrons. The lowest BCUT2D eigenvalue weighted by atomic mass is 9.86. The van der Waals surface area contributed by atoms with E-state index in [4.69, 9.17) is 33.4 Å². The van der Waals surface area contributed by atoms with Gasteiger partial charge in [-0.05, 0) is 41.8 Å². The van der Waals surface area contributed by atoms with Crippen LogP contribution in [0.5, 0.6) is 17.2 Å². The van der Waals surface area contributed by atoms with Gasteiger partial charge >= 0.3 is 18.0 Å². The third-order valence-corrected chi connectivity index (χ3v) is 12.6. The standard InChI is InChI=1S/C46H44N6O19/c1-2-46(65)25-13-28-36-23(16-52(28)41(60)24(25)18-66-44(46)63)22(21-12-30-31(69-19-68-30)14-26(21)50-36)15-48-45(64)67-17-20-3-4-29(70-43-39(59)37(57)38(58)40(71-43)42(61)62)27(11-20)49-33(54)7-9-47-32(53)8-10-51-34(55)5-6-35(51)56/h3-6,11-14,37-40,43,57-59,65H,2,7-10,15-19H2,1H3,(H,47,53)(H,48,64)(H,49,54)(H,61,62)/t37-,38-,39+,40-,43?,46-/m0/s1. The molecule has 0 aliphatic carbocycles. The van der Waals surface area contributed by atoms with Crippen molar-refractivity contribution in [2.24, 2.45) is 0 Å². The summed E-state index contributed by atoms with van der Waals surface area (Å²) in [6.07, 6.45) is -9.24. The van der Waals surface area contributed by atoms with Gasteiger partial charge in [-0.25, -0.2) is 19.4 Å². The number of rotatable bonds is 15. The number of alkyl carbamates (subject to hydrolysis) is 1. The predicted molar refractivity (Wildman–Crippen MR) is 236 cm³/mol. The molecular weight excluding hydrogens is 941 g/mol. The lowest BCUT2D eigenvalue weighted by Gasteiger charge is -2.38. The number of carboxylic acid groups (broad SMARTS) is 1. The Morgan fingerprint density at radius 1 is 0.887 bits per heavy atom. The van der Waals surface area contributed by atoms with Crippen LogP contribution in [0.2, 0.25) is 0 Å². The van der Waals surface area contributed by atoms with Crippen LogP contribution < -0.4 is 35.7 Å². The number of aliphatic carboxylic acids is 1. The highest BCUT2D eigenvalue weighted by Gasteiger charge is 2.49. The Morgan fingerprint density at radius 2 is 1.63 bits per heavy atom. The second-order valence-corrected chi connectivity index (χ2v) is 16.9. The smallest absolute Gasteiger partial charge is 0.407 e. The summed E-state index contributed by atoms with van der Waals surface area (Å²) in [7, 11) is 0. The number of amides is 5. The second-order valence-electron chi connectivity index (χ2n) is 16.9. The van der Waals surface area contributed by atoms with Crippen LogP contribution >= 0.6 is 0 Å². The van der Waals surface area contributed by atoms with Gasteiger partial charge in [0.25, 0.3) is 17.4 Å². The number of nitrogens with zero attached hydrogens (tertiary/aromatic N) is 3. The Hall–Kier alpha value is -7.97. The molecule has 25 heteroatoms. The van der Waals surface area contributed by atoms with E-state index < -0.39 is 90.1 Å². The van der Waals surface area contributed by atoms with Gasteiger partial charge < -0.3 is 74.5 Å². The number of aliphatic hydroxyl groups is 4. The predicted octanol–water partition coefficient (Wildman–Crippen LogP) is -0.734. The normalized spacial score (nSPS) is 22.6. The molecule has 2 aromatic heterocycles. The largest absolute Gasteiger partial charge is 0.479 e. The molecule has 5 amide bonds. The summed E-state index contributed by atoms with van der Waals surface area (Å²) in [5.41, 5.74) is 0.0276. The van der Waals surface area contributed by atoms with Gasteiger partial charge in [-0.15, -0.1) is 0 Å². The Bertz CT molecular complexity index is 3010. The number of anilines is 1. The zero-order valence-corrected chi connectivity index (χ0v) is 37.4. The molecule has 0 spiro atoms. The fourth-order valence-corrected chi connectivity index (χ4v) is 8.74. The van der Waals surface area contributed by atoms with E-state index in [0.717, 1.165) is 17.1 Å². The van der Waals surface area contributed by atoms with Crippen LogP contribution in [0.1, 0.15) is 54.0 Å². The number of aromatic nitrogens is 2. The Kier molecular flexibility index (Phi) is 12.9. The molecule has 0 radical (unpaired) electrons.